The van der Waals surface area contributed by atoms with Gasteiger partial charge in [0.1, 0.15) is 22.5 Å². The quantitative estimate of drug-likeness (QED) is 0.696. The van der Waals surface area contributed by atoms with Gasteiger partial charge in [0.2, 0.25) is 0 Å². The van der Waals surface area contributed by atoms with Crippen LogP contribution in [0.25, 0.3) is 16.7 Å². The van der Waals surface area contributed by atoms with E-state index in [1.165, 1.54) is 5.56 Å². The smallest absolute Gasteiger partial charge is 0.146 e. The van der Waals surface area contributed by atoms with Crippen molar-refractivity contribution < 1.29 is 5.11 Å². The molecule has 5 heteroatoms. The minimum atomic E-state index is 0.108. The first-order valence-corrected chi connectivity index (χ1v) is 9.98. The Labute approximate surface area is 167 Å². The second-order valence-corrected chi connectivity index (χ2v) is 9.47. The Morgan fingerprint density at radius 3 is 2.04 bits per heavy atom. The Hall–Kier alpha value is -2.40. The van der Waals surface area contributed by atoms with Gasteiger partial charge >= 0.3 is 0 Å². The van der Waals surface area contributed by atoms with Crippen molar-refractivity contribution in [1.82, 2.24) is 19.9 Å². The fourth-order valence-corrected chi connectivity index (χ4v) is 4.75. The minimum absolute atomic E-state index is 0.108. The van der Waals surface area contributed by atoms with Crippen LogP contribution in [0.2, 0.25) is 0 Å². The molecule has 1 N–H and O–H groups in total. The standard InChI is InChI=1S/C23H30N4O/c1-15-11-16(17-13-22(2,3)26(6)23(4,5)14-17)12-20(21(15)28)27-24-18-9-7-8-10-19(18)25-27/h7-12,17,28H,13-14H2,1-6H3. The lowest BCUT2D eigenvalue weighted by molar-refractivity contribution is -0.0128. The van der Waals surface area contributed by atoms with E-state index in [9.17, 15) is 5.11 Å². The van der Waals surface area contributed by atoms with Crippen LogP contribution in [-0.4, -0.2) is 43.1 Å². The van der Waals surface area contributed by atoms with Crippen LogP contribution in [-0.2, 0) is 0 Å². The molecule has 1 saturated heterocycles. The highest BCUT2D eigenvalue weighted by Crippen LogP contribution is 2.45. The molecule has 0 bridgehead atoms. The first-order valence-electron chi connectivity index (χ1n) is 9.98. The average molecular weight is 379 g/mol. The number of hydrogen-bond acceptors (Lipinski definition) is 4. The first-order chi connectivity index (χ1) is 13.1. The summed E-state index contributed by atoms with van der Waals surface area (Å²) in [6.45, 7) is 11.2. The van der Waals surface area contributed by atoms with Crippen LogP contribution >= 0.6 is 0 Å². The Balaban J connectivity index is 1.79. The number of benzene rings is 2. The van der Waals surface area contributed by atoms with Crippen molar-refractivity contribution in [2.24, 2.45) is 0 Å². The molecule has 28 heavy (non-hydrogen) atoms. The molecule has 148 valence electrons. The third kappa shape index (κ3) is 3.08. The normalized spacial score (nSPS) is 19.9. The lowest BCUT2D eigenvalue weighted by Gasteiger charge is -2.54. The van der Waals surface area contributed by atoms with Crippen LogP contribution in [0.3, 0.4) is 0 Å². The van der Waals surface area contributed by atoms with Gasteiger partial charge in [-0.2, -0.15) is 0 Å². The maximum absolute atomic E-state index is 10.7. The zero-order chi connectivity index (χ0) is 20.3. The van der Waals surface area contributed by atoms with Crippen molar-refractivity contribution in [3.8, 4) is 11.4 Å². The molecule has 0 aliphatic carbocycles. The molecule has 1 aliphatic heterocycles. The van der Waals surface area contributed by atoms with Gasteiger partial charge in [-0.25, -0.2) is 0 Å². The molecule has 1 aromatic heterocycles. The Morgan fingerprint density at radius 1 is 0.964 bits per heavy atom. The van der Waals surface area contributed by atoms with Gasteiger partial charge < -0.3 is 5.11 Å². The summed E-state index contributed by atoms with van der Waals surface area (Å²) < 4.78 is 0. The molecule has 0 saturated carbocycles. The lowest BCUT2D eigenvalue weighted by Crippen LogP contribution is -2.58. The number of aromatic nitrogens is 3. The SMILES string of the molecule is Cc1cc(C2CC(C)(C)N(C)C(C)(C)C2)cc(-n2nc3ccccc3n2)c1O. The molecule has 0 spiro atoms. The van der Waals surface area contributed by atoms with E-state index in [2.05, 4.69) is 62.0 Å². The van der Waals surface area contributed by atoms with E-state index >= 15 is 0 Å². The van der Waals surface area contributed by atoms with Crippen molar-refractivity contribution in [2.75, 3.05) is 7.05 Å². The van der Waals surface area contributed by atoms with Gasteiger partial charge in [-0.3, -0.25) is 4.90 Å². The van der Waals surface area contributed by atoms with E-state index in [1.54, 1.807) is 4.80 Å². The fourth-order valence-electron chi connectivity index (χ4n) is 4.75. The van der Waals surface area contributed by atoms with E-state index in [0.29, 0.717) is 11.6 Å². The van der Waals surface area contributed by atoms with E-state index in [0.717, 1.165) is 29.4 Å². The number of fused-ring (bicyclic) bond motifs is 1. The maximum Gasteiger partial charge on any atom is 0.146 e. The monoisotopic (exact) mass is 378 g/mol. The van der Waals surface area contributed by atoms with Gasteiger partial charge in [-0.1, -0.05) is 18.2 Å². The Kier molecular flexibility index (Phi) is 4.27. The summed E-state index contributed by atoms with van der Waals surface area (Å²) in [5, 5.41) is 19.9. The van der Waals surface area contributed by atoms with Crippen molar-refractivity contribution >= 4 is 11.0 Å². The average Bonchev–Trinajstić information content (AvgIpc) is 3.05. The summed E-state index contributed by atoms with van der Waals surface area (Å²) in [6, 6.07) is 12.0. The number of rotatable bonds is 2. The summed E-state index contributed by atoms with van der Waals surface area (Å²) in [6.07, 6.45) is 2.15. The summed E-state index contributed by atoms with van der Waals surface area (Å²) >= 11 is 0. The lowest BCUT2D eigenvalue weighted by atomic mass is 9.71. The van der Waals surface area contributed by atoms with Crippen LogP contribution in [0.4, 0.5) is 0 Å². The van der Waals surface area contributed by atoms with Gasteiger partial charge in [-0.05, 0) is 89.8 Å². The summed E-state index contributed by atoms with van der Waals surface area (Å²) in [5.74, 6) is 0.666. The Morgan fingerprint density at radius 2 is 1.50 bits per heavy atom. The number of phenolic OH excluding ortho intramolecular Hbond substituents is 1. The van der Waals surface area contributed by atoms with E-state index < -0.39 is 0 Å². The zero-order valence-corrected chi connectivity index (χ0v) is 17.7. The third-order valence-electron chi connectivity index (χ3n) is 6.58. The highest BCUT2D eigenvalue weighted by molar-refractivity contribution is 5.73. The Bertz CT molecular complexity index is 983. The largest absolute Gasteiger partial charge is 0.505 e. The van der Waals surface area contributed by atoms with Gasteiger partial charge in [0.25, 0.3) is 0 Å². The van der Waals surface area contributed by atoms with E-state index in [4.69, 9.17) is 0 Å². The number of nitrogens with zero attached hydrogens (tertiary/aromatic N) is 4. The highest BCUT2D eigenvalue weighted by atomic mass is 16.3. The van der Waals surface area contributed by atoms with Gasteiger partial charge in [0, 0.05) is 11.1 Å². The molecule has 0 amide bonds. The molecule has 0 unspecified atom stereocenters. The van der Waals surface area contributed by atoms with E-state index in [-0.39, 0.29) is 16.8 Å². The fraction of sp³-hybridized carbons (Fsp3) is 0.478. The predicted molar refractivity (Wildman–Crippen MR) is 113 cm³/mol. The van der Waals surface area contributed by atoms with Crippen LogP contribution in [0.1, 0.15) is 57.6 Å². The molecule has 3 aromatic rings. The number of hydrogen-bond donors (Lipinski definition) is 1. The van der Waals surface area contributed by atoms with Crippen LogP contribution in [0.15, 0.2) is 36.4 Å². The molecule has 1 aliphatic rings. The zero-order valence-electron chi connectivity index (χ0n) is 17.7. The summed E-state index contributed by atoms with van der Waals surface area (Å²) in [5.41, 5.74) is 4.64. The second kappa shape index (κ2) is 6.31. The highest BCUT2D eigenvalue weighted by Gasteiger charge is 2.43. The molecule has 0 atom stereocenters. The van der Waals surface area contributed by atoms with Crippen molar-refractivity contribution in [1.29, 1.82) is 0 Å². The van der Waals surface area contributed by atoms with Crippen LogP contribution < -0.4 is 0 Å². The van der Waals surface area contributed by atoms with Crippen LogP contribution in [0, 0.1) is 6.92 Å². The minimum Gasteiger partial charge on any atom is -0.505 e. The first kappa shape index (κ1) is 18.9. The maximum atomic E-state index is 10.7. The molecule has 2 heterocycles. The van der Waals surface area contributed by atoms with Gasteiger partial charge in [0.05, 0.1) is 0 Å². The molecular weight excluding hydrogens is 348 g/mol. The molecule has 1 fully saturated rings. The topological polar surface area (TPSA) is 54.2 Å². The molecule has 0 radical (unpaired) electrons. The number of likely N-dealkylation sites (tertiary alicyclic amines) is 1. The van der Waals surface area contributed by atoms with Gasteiger partial charge in [0.15, 0.2) is 0 Å². The summed E-state index contributed by atoms with van der Waals surface area (Å²) in [7, 11) is 2.23. The van der Waals surface area contributed by atoms with E-state index in [1.807, 2.05) is 31.2 Å². The number of aryl methyl sites for hydroxylation is 1. The number of phenols is 1. The van der Waals surface area contributed by atoms with Gasteiger partial charge in [-0.15, -0.1) is 15.0 Å². The predicted octanol–water partition coefficient (Wildman–Crippen LogP) is 4.80. The number of aromatic hydroxyl groups is 1. The summed E-state index contributed by atoms with van der Waals surface area (Å²) in [4.78, 5) is 4.06. The number of piperidine rings is 1. The van der Waals surface area contributed by atoms with Crippen molar-refractivity contribution in [3.63, 3.8) is 0 Å². The third-order valence-corrected chi connectivity index (χ3v) is 6.58. The molecule has 4 rings (SSSR count). The molecule has 2 aromatic carbocycles. The van der Waals surface area contributed by atoms with Crippen molar-refractivity contribution in [2.45, 2.75) is 64.5 Å². The molecule has 5 nitrogen and oxygen atoms in total. The van der Waals surface area contributed by atoms with Crippen molar-refractivity contribution in [3.05, 3.63) is 47.5 Å². The van der Waals surface area contributed by atoms with Crippen LogP contribution in [0.5, 0.6) is 5.75 Å². The molecular formula is C23H30N4O. The second-order valence-electron chi connectivity index (χ2n) is 9.47.